The van der Waals surface area contributed by atoms with Crippen molar-refractivity contribution < 1.29 is 5.21 Å². The van der Waals surface area contributed by atoms with Crippen molar-refractivity contribution in [1.82, 2.24) is 5.48 Å². The molecule has 0 bridgehead atoms. The van der Waals surface area contributed by atoms with Gasteiger partial charge in [-0.05, 0) is 19.4 Å². The van der Waals surface area contributed by atoms with E-state index in [0.29, 0.717) is 0 Å². The van der Waals surface area contributed by atoms with Crippen LogP contribution in [0.1, 0.15) is 24.1 Å². The summed E-state index contributed by atoms with van der Waals surface area (Å²) in [6.07, 6.45) is 0. The van der Waals surface area contributed by atoms with E-state index in [4.69, 9.17) is 5.21 Å². The van der Waals surface area contributed by atoms with Crippen molar-refractivity contribution in [2.24, 2.45) is 0 Å². The van der Waals surface area contributed by atoms with E-state index >= 15 is 0 Å². The molecule has 1 rings (SSSR count). The Balaban J connectivity index is 2.81. The van der Waals surface area contributed by atoms with Crippen LogP contribution in [0.15, 0.2) is 24.3 Å². The summed E-state index contributed by atoms with van der Waals surface area (Å²) in [5.41, 5.74) is 4.53. The minimum Gasteiger partial charge on any atom is -0.316 e. The van der Waals surface area contributed by atoms with Gasteiger partial charge >= 0.3 is 0 Å². The maximum Gasteiger partial charge on any atom is 0.0540 e. The Hall–Kier alpha value is -0.860. The van der Waals surface area contributed by atoms with Gasteiger partial charge in [-0.15, -0.1) is 0 Å². The number of aryl methyl sites for hydroxylation is 1. The predicted octanol–water partition coefficient (Wildman–Crippen LogP) is 2.03. The maximum atomic E-state index is 8.61. The molecule has 0 spiro atoms. The highest BCUT2D eigenvalue weighted by Crippen LogP contribution is 2.11. The van der Waals surface area contributed by atoms with Crippen molar-refractivity contribution in [2.75, 3.05) is 0 Å². The molecule has 0 aromatic heterocycles. The topological polar surface area (TPSA) is 32.3 Å². The third-order valence-electron chi connectivity index (χ3n) is 1.77. The number of benzene rings is 1. The molecule has 60 valence electrons. The van der Waals surface area contributed by atoms with Crippen molar-refractivity contribution in [2.45, 2.75) is 19.9 Å². The molecule has 2 N–H and O–H groups in total. The molecule has 1 aromatic carbocycles. The van der Waals surface area contributed by atoms with Gasteiger partial charge in [0, 0.05) is 0 Å². The number of hydrogen-bond donors (Lipinski definition) is 2. The summed E-state index contributed by atoms with van der Waals surface area (Å²) >= 11 is 0. The fourth-order valence-electron chi connectivity index (χ4n) is 0.930. The lowest BCUT2D eigenvalue weighted by Crippen LogP contribution is -2.12. The van der Waals surface area contributed by atoms with Crippen LogP contribution in [0.2, 0.25) is 0 Å². The van der Waals surface area contributed by atoms with Crippen LogP contribution in [0.5, 0.6) is 0 Å². The van der Waals surface area contributed by atoms with Gasteiger partial charge in [-0.25, -0.2) is 0 Å². The maximum absolute atomic E-state index is 8.61. The number of nitrogens with one attached hydrogen (secondary N) is 1. The zero-order valence-corrected chi connectivity index (χ0v) is 6.83. The second-order valence-corrected chi connectivity index (χ2v) is 2.76. The van der Waals surface area contributed by atoms with Crippen molar-refractivity contribution in [1.29, 1.82) is 0 Å². The first-order chi connectivity index (χ1) is 5.24. The standard InChI is InChI=1S/C9H13NO/c1-7-3-5-9(6-4-7)8(2)10-11/h3-6,8,10-11H,1-2H3. The van der Waals surface area contributed by atoms with Gasteiger partial charge in [0.2, 0.25) is 0 Å². The zero-order valence-electron chi connectivity index (χ0n) is 6.83. The largest absolute Gasteiger partial charge is 0.316 e. The van der Waals surface area contributed by atoms with Gasteiger partial charge in [-0.3, -0.25) is 0 Å². The number of rotatable bonds is 2. The van der Waals surface area contributed by atoms with Gasteiger partial charge in [0.1, 0.15) is 0 Å². The molecule has 0 aliphatic rings. The van der Waals surface area contributed by atoms with Gasteiger partial charge < -0.3 is 5.21 Å². The SMILES string of the molecule is Cc1ccc(C(C)NO)cc1. The van der Waals surface area contributed by atoms with Crippen molar-refractivity contribution >= 4 is 0 Å². The summed E-state index contributed by atoms with van der Waals surface area (Å²) in [5.74, 6) is 0. The Kier molecular flexibility index (Phi) is 2.63. The van der Waals surface area contributed by atoms with Crippen LogP contribution < -0.4 is 5.48 Å². The monoisotopic (exact) mass is 151 g/mol. The Bertz CT molecular complexity index is 218. The minimum absolute atomic E-state index is 0.00981. The molecule has 11 heavy (non-hydrogen) atoms. The lowest BCUT2D eigenvalue weighted by molar-refractivity contribution is 0.133. The smallest absolute Gasteiger partial charge is 0.0540 e. The van der Waals surface area contributed by atoms with Crippen molar-refractivity contribution in [3.8, 4) is 0 Å². The summed E-state index contributed by atoms with van der Waals surface area (Å²) < 4.78 is 0. The highest BCUT2D eigenvalue weighted by atomic mass is 16.5. The predicted molar refractivity (Wildman–Crippen MR) is 44.5 cm³/mol. The summed E-state index contributed by atoms with van der Waals surface area (Å²) in [7, 11) is 0. The molecule has 1 unspecified atom stereocenters. The van der Waals surface area contributed by atoms with E-state index in [-0.39, 0.29) is 6.04 Å². The van der Waals surface area contributed by atoms with E-state index in [0.717, 1.165) is 5.56 Å². The van der Waals surface area contributed by atoms with Gasteiger partial charge in [-0.2, -0.15) is 5.48 Å². The average Bonchev–Trinajstić information content (AvgIpc) is 2.05. The van der Waals surface area contributed by atoms with E-state index in [2.05, 4.69) is 5.48 Å². The normalized spacial score (nSPS) is 13.0. The van der Waals surface area contributed by atoms with E-state index in [1.807, 2.05) is 38.1 Å². The summed E-state index contributed by atoms with van der Waals surface area (Å²) in [5, 5.41) is 8.61. The van der Waals surface area contributed by atoms with Crippen LogP contribution in [0.3, 0.4) is 0 Å². The van der Waals surface area contributed by atoms with E-state index in [1.165, 1.54) is 5.56 Å². The molecular formula is C9H13NO. The van der Waals surface area contributed by atoms with Gasteiger partial charge in [0.25, 0.3) is 0 Å². The number of hydrogen-bond acceptors (Lipinski definition) is 2. The molecule has 0 saturated heterocycles. The molecule has 0 amide bonds. The summed E-state index contributed by atoms with van der Waals surface area (Å²) in [6.45, 7) is 3.95. The second-order valence-electron chi connectivity index (χ2n) is 2.76. The Morgan fingerprint density at radius 1 is 1.27 bits per heavy atom. The molecule has 1 atom stereocenters. The molecular weight excluding hydrogens is 138 g/mol. The highest BCUT2D eigenvalue weighted by Gasteiger charge is 2.00. The molecule has 0 radical (unpaired) electrons. The van der Waals surface area contributed by atoms with Crippen molar-refractivity contribution in [3.63, 3.8) is 0 Å². The molecule has 0 aliphatic heterocycles. The van der Waals surface area contributed by atoms with Crippen LogP contribution in [0.25, 0.3) is 0 Å². The van der Waals surface area contributed by atoms with E-state index < -0.39 is 0 Å². The van der Waals surface area contributed by atoms with Crippen LogP contribution in [-0.2, 0) is 0 Å². The lowest BCUT2D eigenvalue weighted by Gasteiger charge is -2.08. The van der Waals surface area contributed by atoms with Crippen molar-refractivity contribution in [3.05, 3.63) is 35.4 Å². The second kappa shape index (κ2) is 3.51. The lowest BCUT2D eigenvalue weighted by atomic mass is 10.1. The van der Waals surface area contributed by atoms with E-state index in [9.17, 15) is 0 Å². The Morgan fingerprint density at radius 3 is 2.27 bits per heavy atom. The minimum atomic E-state index is 0.00981. The molecule has 2 heteroatoms. The van der Waals surface area contributed by atoms with Crippen LogP contribution in [-0.4, -0.2) is 5.21 Å². The van der Waals surface area contributed by atoms with E-state index in [1.54, 1.807) is 0 Å². The first-order valence-electron chi connectivity index (χ1n) is 3.70. The average molecular weight is 151 g/mol. The van der Waals surface area contributed by atoms with Gasteiger partial charge in [0.05, 0.1) is 6.04 Å². The first kappa shape index (κ1) is 8.24. The fraction of sp³-hybridized carbons (Fsp3) is 0.333. The fourth-order valence-corrected chi connectivity index (χ4v) is 0.930. The third kappa shape index (κ3) is 2.03. The molecule has 0 fully saturated rings. The molecule has 0 aliphatic carbocycles. The van der Waals surface area contributed by atoms with Crippen LogP contribution in [0.4, 0.5) is 0 Å². The molecule has 2 nitrogen and oxygen atoms in total. The summed E-state index contributed by atoms with van der Waals surface area (Å²) in [4.78, 5) is 0. The number of hydroxylamine groups is 1. The van der Waals surface area contributed by atoms with Gasteiger partial charge in [-0.1, -0.05) is 29.8 Å². The summed E-state index contributed by atoms with van der Waals surface area (Å²) in [6, 6.07) is 8.08. The highest BCUT2D eigenvalue weighted by molar-refractivity contribution is 5.23. The van der Waals surface area contributed by atoms with Gasteiger partial charge in [0.15, 0.2) is 0 Å². The molecule has 0 saturated carbocycles. The third-order valence-corrected chi connectivity index (χ3v) is 1.77. The molecule has 0 heterocycles. The van der Waals surface area contributed by atoms with Crippen LogP contribution in [0, 0.1) is 6.92 Å². The first-order valence-corrected chi connectivity index (χ1v) is 3.70. The zero-order chi connectivity index (χ0) is 8.27. The Labute approximate surface area is 66.8 Å². The quantitative estimate of drug-likeness (QED) is 0.634. The van der Waals surface area contributed by atoms with Crippen LogP contribution >= 0.6 is 0 Å². The Morgan fingerprint density at radius 2 is 1.82 bits per heavy atom. The molecule has 1 aromatic rings.